The van der Waals surface area contributed by atoms with Gasteiger partial charge in [-0.1, -0.05) is 38.5 Å². The average Bonchev–Trinajstić information content (AvgIpc) is 2.21. The second-order valence-electron chi connectivity index (χ2n) is 4.95. The van der Waals surface area contributed by atoms with Crippen LogP contribution >= 0.6 is 0 Å². The van der Waals surface area contributed by atoms with E-state index in [1.807, 2.05) is 13.0 Å². The van der Waals surface area contributed by atoms with Gasteiger partial charge in [-0.25, -0.2) is 0 Å². The Balaban J connectivity index is 3.09. The number of carbonyl (C=O) groups is 1. The van der Waals surface area contributed by atoms with Gasteiger partial charge in [0, 0.05) is 5.41 Å². The van der Waals surface area contributed by atoms with Crippen LogP contribution in [0, 0.1) is 17.3 Å². The molecule has 15 heavy (non-hydrogen) atoms. The first-order chi connectivity index (χ1) is 6.94. The summed E-state index contributed by atoms with van der Waals surface area (Å²) >= 11 is 0. The fourth-order valence-corrected chi connectivity index (χ4v) is 2.47. The molecule has 0 aromatic carbocycles. The normalized spacial score (nSPS) is 36.7. The predicted molar refractivity (Wildman–Crippen MR) is 64.6 cm³/mol. The zero-order valence-corrected chi connectivity index (χ0v) is 10.5. The minimum atomic E-state index is -0.217. The van der Waals surface area contributed by atoms with Crippen molar-refractivity contribution in [3.63, 3.8) is 0 Å². The summed E-state index contributed by atoms with van der Waals surface area (Å²) in [5, 5.41) is 0. The quantitative estimate of drug-likeness (QED) is 0.496. The van der Waals surface area contributed by atoms with Crippen LogP contribution in [0.25, 0.3) is 0 Å². The van der Waals surface area contributed by atoms with Gasteiger partial charge in [0.15, 0.2) is 5.78 Å². The second kappa shape index (κ2) is 4.34. The van der Waals surface area contributed by atoms with Crippen molar-refractivity contribution < 1.29 is 4.79 Å². The first-order valence-electron chi connectivity index (χ1n) is 5.78. The third-order valence-corrected chi connectivity index (χ3v) is 4.25. The molecule has 0 aliphatic heterocycles. The molecule has 0 saturated heterocycles. The molecule has 1 nitrogen and oxygen atoms in total. The Labute approximate surface area is 93.3 Å². The van der Waals surface area contributed by atoms with Gasteiger partial charge < -0.3 is 0 Å². The van der Waals surface area contributed by atoms with Crippen molar-refractivity contribution in [1.29, 1.82) is 0 Å². The van der Waals surface area contributed by atoms with Gasteiger partial charge in [-0.2, -0.15) is 0 Å². The zero-order valence-electron chi connectivity index (χ0n) is 10.5. The van der Waals surface area contributed by atoms with Crippen LogP contribution in [-0.2, 0) is 4.79 Å². The molecule has 0 heterocycles. The summed E-state index contributed by atoms with van der Waals surface area (Å²) in [5.41, 5.74) is 1.14. The van der Waals surface area contributed by atoms with Crippen LogP contribution in [0.1, 0.15) is 41.0 Å². The van der Waals surface area contributed by atoms with Crippen molar-refractivity contribution in [2.45, 2.75) is 41.0 Å². The van der Waals surface area contributed by atoms with Crippen LogP contribution in [0.3, 0.4) is 0 Å². The number of carbonyl (C=O) groups excluding carboxylic acids is 1. The monoisotopic (exact) mass is 206 g/mol. The van der Waals surface area contributed by atoms with E-state index in [0.29, 0.717) is 11.8 Å². The molecule has 0 amide bonds. The summed E-state index contributed by atoms with van der Waals surface area (Å²) in [7, 11) is 0. The van der Waals surface area contributed by atoms with Crippen molar-refractivity contribution in [2.75, 3.05) is 0 Å². The lowest BCUT2D eigenvalue weighted by atomic mass is 9.60. The third kappa shape index (κ3) is 1.92. The van der Waals surface area contributed by atoms with Gasteiger partial charge in [0.1, 0.15) is 0 Å². The molecular weight excluding hydrogens is 184 g/mol. The van der Waals surface area contributed by atoms with Crippen molar-refractivity contribution in [3.05, 3.63) is 23.8 Å². The highest BCUT2D eigenvalue weighted by Gasteiger charge is 2.44. The Morgan fingerprint density at radius 3 is 2.67 bits per heavy atom. The highest BCUT2D eigenvalue weighted by molar-refractivity contribution is 5.95. The molecule has 1 rings (SSSR count). The van der Waals surface area contributed by atoms with E-state index in [0.717, 1.165) is 6.42 Å². The first kappa shape index (κ1) is 12.2. The first-order valence-corrected chi connectivity index (χ1v) is 5.78. The van der Waals surface area contributed by atoms with Gasteiger partial charge in [0.25, 0.3) is 0 Å². The number of allylic oxidation sites excluding steroid dienone is 4. The van der Waals surface area contributed by atoms with Gasteiger partial charge in [-0.15, -0.1) is 0 Å². The molecule has 0 aromatic heterocycles. The van der Waals surface area contributed by atoms with E-state index in [-0.39, 0.29) is 11.2 Å². The number of rotatable bonds is 2. The van der Waals surface area contributed by atoms with Gasteiger partial charge in [0.05, 0.1) is 0 Å². The molecule has 0 saturated carbocycles. The van der Waals surface area contributed by atoms with E-state index in [9.17, 15) is 4.79 Å². The molecule has 3 atom stereocenters. The lowest BCUT2D eigenvalue weighted by Gasteiger charge is -2.42. The smallest absolute Gasteiger partial charge is 0.162 e. The Hall–Kier alpha value is -0.850. The van der Waals surface area contributed by atoms with E-state index in [4.69, 9.17) is 0 Å². The molecule has 0 fully saturated rings. The van der Waals surface area contributed by atoms with Crippen molar-refractivity contribution >= 4 is 5.78 Å². The fourth-order valence-electron chi connectivity index (χ4n) is 2.47. The molecule has 0 spiro atoms. The molecule has 0 radical (unpaired) electrons. The fraction of sp³-hybridized carbons (Fsp3) is 0.643. The minimum absolute atomic E-state index is 0.217. The minimum Gasteiger partial charge on any atom is -0.294 e. The molecule has 0 bridgehead atoms. The number of hydrogen-bond donors (Lipinski definition) is 0. The van der Waals surface area contributed by atoms with E-state index in [2.05, 4.69) is 33.8 Å². The maximum Gasteiger partial charge on any atom is 0.162 e. The highest BCUT2D eigenvalue weighted by Crippen LogP contribution is 2.45. The van der Waals surface area contributed by atoms with Crippen molar-refractivity contribution in [1.82, 2.24) is 0 Å². The highest BCUT2D eigenvalue weighted by atomic mass is 16.1. The van der Waals surface area contributed by atoms with Crippen LogP contribution in [0.15, 0.2) is 23.8 Å². The lowest BCUT2D eigenvalue weighted by molar-refractivity contribution is -0.128. The molecular formula is C14H22O. The standard InChI is InChI=1S/C14H22O/c1-6-7-13(15)14(5)11(3)9-8-10(2)12(14)4/h6-8,11-12H,9H2,1-5H3/b7-6+. The van der Waals surface area contributed by atoms with Crippen LogP contribution in [0.5, 0.6) is 0 Å². The number of hydrogen-bond acceptors (Lipinski definition) is 1. The van der Waals surface area contributed by atoms with E-state index >= 15 is 0 Å². The molecule has 1 aliphatic rings. The predicted octanol–water partition coefficient (Wildman–Crippen LogP) is 3.76. The largest absolute Gasteiger partial charge is 0.294 e. The molecule has 3 unspecified atom stereocenters. The summed E-state index contributed by atoms with van der Waals surface area (Å²) in [5.74, 6) is 1.06. The zero-order chi connectivity index (χ0) is 11.6. The molecule has 1 heteroatoms. The van der Waals surface area contributed by atoms with Crippen LogP contribution in [0.2, 0.25) is 0 Å². The maximum atomic E-state index is 12.2. The van der Waals surface area contributed by atoms with E-state index in [1.54, 1.807) is 6.08 Å². The summed E-state index contributed by atoms with van der Waals surface area (Å²) in [4.78, 5) is 12.2. The third-order valence-electron chi connectivity index (χ3n) is 4.25. The Morgan fingerprint density at radius 2 is 2.13 bits per heavy atom. The Kier molecular flexibility index (Phi) is 3.54. The Morgan fingerprint density at radius 1 is 1.53 bits per heavy atom. The van der Waals surface area contributed by atoms with E-state index in [1.165, 1.54) is 5.57 Å². The van der Waals surface area contributed by atoms with E-state index < -0.39 is 0 Å². The molecule has 0 N–H and O–H groups in total. The van der Waals surface area contributed by atoms with Crippen LogP contribution < -0.4 is 0 Å². The SMILES string of the molecule is C/C=C/C(=O)C1(C)C(C)CC=C(C)C1C. The topological polar surface area (TPSA) is 17.1 Å². The summed E-state index contributed by atoms with van der Waals surface area (Å²) < 4.78 is 0. The second-order valence-corrected chi connectivity index (χ2v) is 4.95. The molecule has 84 valence electrons. The number of ketones is 1. The Bertz CT molecular complexity index is 311. The molecule has 1 aliphatic carbocycles. The van der Waals surface area contributed by atoms with Gasteiger partial charge >= 0.3 is 0 Å². The van der Waals surface area contributed by atoms with Gasteiger partial charge in [0.2, 0.25) is 0 Å². The average molecular weight is 206 g/mol. The van der Waals surface area contributed by atoms with Gasteiger partial charge in [-0.3, -0.25) is 4.79 Å². The maximum absolute atomic E-state index is 12.2. The van der Waals surface area contributed by atoms with Crippen LogP contribution in [0.4, 0.5) is 0 Å². The summed E-state index contributed by atoms with van der Waals surface area (Å²) in [6.45, 7) is 10.5. The summed E-state index contributed by atoms with van der Waals surface area (Å²) in [6, 6.07) is 0. The van der Waals surface area contributed by atoms with Gasteiger partial charge in [-0.05, 0) is 38.2 Å². The lowest BCUT2D eigenvalue weighted by Crippen LogP contribution is -2.42. The van der Waals surface area contributed by atoms with Crippen molar-refractivity contribution in [2.24, 2.45) is 17.3 Å². The van der Waals surface area contributed by atoms with Crippen molar-refractivity contribution in [3.8, 4) is 0 Å². The van der Waals surface area contributed by atoms with Crippen LogP contribution in [-0.4, -0.2) is 5.78 Å². The summed E-state index contributed by atoms with van der Waals surface area (Å²) in [6.07, 6.45) is 6.88. The molecule has 0 aromatic rings.